The zero-order valence-corrected chi connectivity index (χ0v) is 9.28. The van der Waals surface area contributed by atoms with Crippen molar-refractivity contribution in [2.45, 2.75) is 25.3 Å². The Morgan fingerprint density at radius 1 is 1.25 bits per heavy atom. The number of carbonyl (C=O) groups is 1. The maximum atomic E-state index is 12.1. The van der Waals surface area contributed by atoms with Crippen LogP contribution in [0.15, 0.2) is 24.3 Å². The van der Waals surface area contributed by atoms with Gasteiger partial charge in [0, 0.05) is 12.2 Å². The fraction of sp³-hybridized carbons (Fsp3) is 0.462. The van der Waals surface area contributed by atoms with Crippen molar-refractivity contribution >= 4 is 11.6 Å². The molecular weight excluding hydrogens is 200 g/mol. The van der Waals surface area contributed by atoms with Gasteiger partial charge in [-0.2, -0.15) is 0 Å². The van der Waals surface area contributed by atoms with E-state index in [1.807, 2.05) is 18.2 Å². The highest BCUT2D eigenvalue weighted by Gasteiger charge is 2.31. The molecule has 0 spiro atoms. The lowest BCUT2D eigenvalue weighted by atomic mass is 10.1. The first kappa shape index (κ1) is 9.85. The number of benzene rings is 1. The topological polar surface area (TPSA) is 32.3 Å². The summed E-state index contributed by atoms with van der Waals surface area (Å²) in [5, 5.41) is 3.05. The maximum absolute atomic E-state index is 12.1. The molecule has 1 fully saturated rings. The van der Waals surface area contributed by atoms with Crippen LogP contribution < -0.4 is 5.32 Å². The summed E-state index contributed by atoms with van der Waals surface area (Å²) < 4.78 is 0. The van der Waals surface area contributed by atoms with Gasteiger partial charge in [0.25, 0.3) is 0 Å². The number of nitrogens with one attached hydrogen (secondary N) is 1. The van der Waals surface area contributed by atoms with Crippen molar-refractivity contribution in [3.8, 4) is 0 Å². The molecule has 0 radical (unpaired) electrons. The van der Waals surface area contributed by atoms with Gasteiger partial charge in [-0.05, 0) is 37.4 Å². The predicted molar refractivity (Wildman–Crippen MR) is 63.4 cm³/mol. The van der Waals surface area contributed by atoms with E-state index in [2.05, 4.69) is 16.3 Å². The zero-order valence-electron chi connectivity index (χ0n) is 9.28. The summed E-state index contributed by atoms with van der Waals surface area (Å²) in [5.74, 6) is 0.171. The van der Waals surface area contributed by atoms with Crippen LogP contribution >= 0.6 is 0 Å². The van der Waals surface area contributed by atoms with Crippen LogP contribution in [0.1, 0.15) is 18.4 Å². The summed E-state index contributed by atoms with van der Waals surface area (Å²) in [7, 11) is 0. The average Bonchev–Trinajstić information content (AvgIpc) is 2.74. The molecule has 0 bridgehead atoms. The number of nitrogens with zero attached hydrogens (tertiary/aromatic N) is 1. The molecule has 2 aliphatic heterocycles. The van der Waals surface area contributed by atoms with Crippen LogP contribution in [0.3, 0.4) is 0 Å². The molecule has 2 heterocycles. The minimum atomic E-state index is 0.105. The van der Waals surface area contributed by atoms with Crippen LogP contribution in [-0.4, -0.2) is 29.9 Å². The Kier molecular flexibility index (Phi) is 2.40. The van der Waals surface area contributed by atoms with E-state index in [1.54, 1.807) is 0 Å². The standard InChI is InChI=1S/C13H16N2O/c16-13-12-6-3-8-15(12)9-7-10-4-1-2-5-11(10)14-13/h1-2,4-5,12H,3,6-9H2,(H,14,16)/t12-/m0/s1. The van der Waals surface area contributed by atoms with Crippen LogP contribution in [0.4, 0.5) is 5.69 Å². The lowest BCUT2D eigenvalue weighted by molar-refractivity contribution is -0.120. The van der Waals surface area contributed by atoms with Gasteiger partial charge in [0.15, 0.2) is 0 Å². The summed E-state index contributed by atoms with van der Waals surface area (Å²) in [6.07, 6.45) is 3.19. The van der Waals surface area contributed by atoms with Crippen molar-refractivity contribution in [2.75, 3.05) is 18.4 Å². The summed E-state index contributed by atoms with van der Waals surface area (Å²) in [4.78, 5) is 14.4. The van der Waals surface area contributed by atoms with E-state index in [1.165, 1.54) is 5.56 Å². The van der Waals surface area contributed by atoms with Crippen molar-refractivity contribution in [1.82, 2.24) is 4.90 Å². The van der Waals surface area contributed by atoms with Gasteiger partial charge < -0.3 is 5.32 Å². The number of fused-ring (bicyclic) bond motifs is 2. The molecule has 3 nitrogen and oxygen atoms in total. The third kappa shape index (κ3) is 1.61. The predicted octanol–water partition coefficient (Wildman–Crippen LogP) is 1.65. The van der Waals surface area contributed by atoms with E-state index in [0.717, 1.165) is 38.0 Å². The van der Waals surface area contributed by atoms with Crippen LogP contribution in [0, 0.1) is 0 Å². The maximum Gasteiger partial charge on any atom is 0.241 e. The Hall–Kier alpha value is -1.35. The monoisotopic (exact) mass is 216 g/mol. The molecule has 2 aliphatic rings. The Labute approximate surface area is 95.4 Å². The smallest absolute Gasteiger partial charge is 0.241 e. The van der Waals surface area contributed by atoms with Crippen molar-refractivity contribution < 1.29 is 4.79 Å². The van der Waals surface area contributed by atoms with E-state index < -0.39 is 0 Å². The lowest BCUT2D eigenvalue weighted by Crippen LogP contribution is -2.42. The van der Waals surface area contributed by atoms with Gasteiger partial charge in [0.1, 0.15) is 0 Å². The summed E-state index contributed by atoms with van der Waals surface area (Å²) in [6.45, 7) is 2.08. The van der Waals surface area contributed by atoms with E-state index in [9.17, 15) is 4.79 Å². The molecule has 1 atom stereocenters. The molecule has 0 aliphatic carbocycles. The van der Waals surface area contributed by atoms with Crippen molar-refractivity contribution in [2.24, 2.45) is 0 Å². The van der Waals surface area contributed by atoms with Gasteiger partial charge in [-0.15, -0.1) is 0 Å². The molecule has 1 aromatic carbocycles. The molecular formula is C13H16N2O. The third-order valence-electron chi connectivity index (χ3n) is 3.61. The first-order chi connectivity index (χ1) is 7.84. The second-order valence-electron chi connectivity index (χ2n) is 4.59. The first-order valence-corrected chi connectivity index (χ1v) is 5.97. The van der Waals surface area contributed by atoms with Crippen LogP contribution in [0.2, 0.25) is 0 Å². The minimum Gasteiger partial charge on any atom is -0.324 e. The molecule has 1 aromatic rings. The molecule has 0 aromatic heterocycles. The van der Waals surface area contributed by atoms with Crippen molar-refractivity contribution in [3.63, 3.8) is 0 Å². The molecule has 1 amide bonds. The first-order valence-electron chi connectivity index (χ1n) is 5.97. The molecule has 0 saturated carbocycles. The molecule has 3 heteroatoms. The molecule has 3 rings (SSSR count). The van der Waals surface area contributed by atoms with E-state index in [0.29, 0.717) is 0 Å². The van der Waals surface area contributed by atoms with Gasteiger partial charge in [-0.1, -0.05) is 18.2 Å². The van der Waals surface area contributed by atoms with Gasteiger partial charge in [-0.3, -0.25) is 9.69 Å². The summed E-state index contributed by atoms with van der Waals surface area (Å²) in [5.41, 5.74) is 2.25. The zero-order chi connectivity index (χ0) is 11.0. The highest BCUT2D eigenvalue weighted by Crippen LogP contribution is 2.24. The quantitative estimate of drug-likeness (QED) is 0.715. The number of para-hydroxylation sites is 1. The molecule has 16 heavy (non-hydrogen) atoms. The van der Waals surface area contributed by atoms with Gasteiger partial charge in [-0.25, -0.2) is 0 Å². The van der Waals surface area contributed by atoms with E-state index >= 15 is 0 Å². The van der Waals surface area contributed by atoms with Crippen molar-refractivity contribution in [1.29, 1.82) is 0 Å². The van der Waals surface area contributed by atoms with E-state index in [-0.39, 0.29) is 11.9 Å². The third-order valence-corrected chi connectivity index (χ3v) is 3.61. The molecule has 0 unspecified atom stereocenters. The number of rotatable bonds is 0. The minimum absolute atomic E-state index is 0.105. The van der Waals surface area contributed by atoms with Crippen LogP contribution in [-0.2, 0) is 11.2 Å². The fourth-order valence-electron chi connectivity index (χ4n) is 2.73. The Balaban J connectivity index is 1.93. The number of anilines is 1. The second kappa shape index (κ2) is 3.91. The second-order valence-corrected chi connectivity index (χ2v) is 4.59. The lowest BCUT2D eigenvalue weighted by Gasteiger charge is -2.27. The average molecular weight is 216 g/mol. The number of carbonyl (C=O) groups excluding carboxylic acids is 1. The van der Waals surface area contributed by atoms with Crippen molar-refractivity contribution in [3.05, 3.63) is 29.8 Å². The molecule has 1 saturated heterocycles. The SMILES string of the molecule is O=C1Nc2ccccc2CCN2CCC[C@@H]12. The van der Waals surface area contributed by atoms with Gasteiger partial charge >= 0.3 is 0 Å². The van der Waals surface area contributed by atoms with Crippen LogP contribution in [0.5, 0.6) is 0 Å². The van der Waals surface area contributed by atoms with E-state index in [4.69, 9.17) is 0 Å². The summed E-state index contributed by atoms with van der Waals surface area (Å²) >= 11 is 0. The molecule has 84 valence electrons. The van der Waals surface area contributed by atoms with Gasteiger partial charge in [0.05, 0.1) is 6.04 Å². The number of amides is 1. The highest BCUT2D eigenvalue weighted by molar-refractivity contribution is 5.95. The Morgan fingerprint density at radius 3 is 3.06 bits per heavy atom. The van der Waals surface area contributed by atoms with Crippen LogP contribution in [0.25, 0.3) is 0 Å². The number of hydrogen-bond donors (Lipinski definition) is 1. The normalized spacial score (nSPS) is 25.2. The summed E-state index contributed by atoms with van der Waals surface area (Å²) in [6, 6.07) is 8.22. The van der Waals surface area contributed by atoms with Gasteiger partial charge in [0.2, 0.25) is 5.91 Å². The highest BCUT2D eigenvalue weighted by atomic mass is 16.2. The Bertz CT molecular complexity index is 416. The number of hydrogen-bond acceptors (Lipinski definition) is 2. The molecule has 1 N–H and O–H groups in total. The largest absolute Gasteiger partial charge is 0.324 e. The fourth-order valence-corrected chi connectivity index (χ4v) is 2.73. The Morgan fingerprint density at radius 2 is 2.12 bits per heavy atom.